The average Bonchev–Trinajstić information content (AvgIpc) is 3.02. The number of hydrogen-bond acceptors (Lipinski definition) is 3. The van der Waals surface area contributed by atoms with Gasteiger partial charge in [-0.2, -0.15) is 0 Å². The highest BCUT2D eigenvalue weighted by Gasteiger charge is 2.45. The molecule has 4 rings (SSSR count). The molecule has 1 aromatic heterocycles. The topological polar surface area (TPSA) is 33.1 Å². The predicted octanol–water partition coefficient (Wildman–Crippen LogP) is 2.27. The van der Waals surface area contributed by atoms with E-state index in [4.69, 9.17) is 0 Å². The fourth-order valence-corrected chi connectivity index (χ4v) is 4.46. The SMILES string of the molecule is c1cn(CCCN2CC(C3CC3)NCC23CCCC3)cn1. The van der Waals surface area contributed by atoms with Crippen LogP contribution in [0.1, 0.15) is 44.9 Å². The van der Waals surface area contributed by atoms with Gasteiger partial charge < -0.3 is 9.88 Å². The number of piperazine rings is 1. The molecule has 2 heterocycles. The minimum atomic E-state index is 0.486. The Hall–Kier alpha value is -0.870. The summed E-state index contributed by atoms with van der Waals surface area (Å²) in [6.07, 6.45) is 15.7. The smallest absolute Gasteiger partial charge is 0.0945 e. The van der Waals surface area contributed by atoms with Gasteiger partial charge in [0.25, 0.3) is 0 Å². The zero-order valence-corrected chi connectivity index (χ0v) is 13.0. The Balaban J connectivity index is 1.37. The van der Waals surface area contributed by atoms with Crippen molar-refractivity contribution < 1.29 is 0 Å². The Morgan fingerprint density at radius 3 is 2.76 bits per heavy atom. The summed E-state index contributed by atoms with van der Waals surface area (Å²) in [5, 5.41) is 3.89. The Bertz CT molecular complexity index is 445. The van der Waals surface area contributed by atoms with Crippen LogP contribution >= 0.6 is 0 Å². The van der Waals surface area contributed by atoms with E-state index in [1.807, 2.05) is 12.5 Å². The number of aromatic nitrogens is 2. The molecule has 116 valence electrons. The van der Waals surface area contributed by atoms with Gasteiger partial charge in [0, 0.05) is 50.2 Å². The van der Waals surface area contributed by atoms with E-state index in [0.29, 0.717) is 5.54 Å². The van der Waals surface area contributed by atoms with Crippen LogP contribution < -0.4 is 5.32 Å². The average molecular weight is 288 g/mol. The van der Waals surface area contributed by atoms with Gasteiger partial charge in [-0.1, -0.05) is 12.8 Å². The van der Waals surface area contributed by atoms with Crippen molar-refractivity contribution in [3.63, 3.8) is 0 Å². The second kappa shape index (κ2) is 5.73. The van der Waals surface area contributed by atoms with Crippen molar-refractivity contribution in [3.8, 4) is 0 Å². The van der Waals surface area contributed by atoms with Gasteiger partial charge in [-0.3, -0.25) is 4.90 Å². The largest absolute Gasteiger partial charge is 0.337 e. The maximum absolute atomic E-state index is 4.14. The van der Waals surface area contributed by atoms with Crippen LogP contribution in [0.5, 0.6) is 0 Å². The number of rotatable bonds is 5. The lowest BCUT2D eigenvalue weighted by atomic mass is 9.89. The van der Waals surface area contributed by atoms with Gasteiger partial charge in [0.15, 0.2) is 0 Å². The molecule has 0 radical (unpaired) electrons. The highest BCUT2D eigenvalue weighted by atomic mass is 15.3. The first kappa shape index (κ1) is 13.8. The molecule has 1 aromatic rings. The highest BCUT2D eigenvalue weighted by Crippen LogP contribution is 2.41. The van der Waals surface area contributed by atoms with Crippen molar-refractivity contribution in [1.29, 1.82) is 0 Å². The lowest BCUT2D eigenvalue weighted by Gasteiger charge is -2.48. The third kappa shape index (κ3) is 2.88. The molecule has 21 heavy (non-hydrogen) atoms. The van der Waals surface area contributed by atoms with E-state index in [1.54, 1.807) is 0 Å². The standard InChI is InChI=1S/C17H28N4/c1-2-7-17(6-1)13-19-16(15-4-5-15)12-21(17)10-3-9-20-11-8-18-14-20/h8,11,14-16,19H,1-7,9-10,12-13H2. The Morgan fingerprint density at radius 2 is 2.05 bits per heavy atom. The lowest BCUT2D eigenvalue weighted by molar-refractivity contribution is 0.0364. The van der Waals surface area contributed by atoms with Crippen molar-refractivity contribution >= 4 is 0 Å². The summed E-state index contributed by atoms with van der Waals surface area (Å²) in [7, 11) is 0. The van der Waals surface area contributed by atoms with Gasteiger partial charge in [0.1, 0.15) is 0 Å². The van der Waals surface area contributed by atoms with E-state index in [-0.39, 0.29) is 0 Å². The van der Waals surface area contributed by atoms with Gasteiger partial charge in [-0.15, -0.1) is 0 Å². The van der Waals surface area contributed by atoms with Gasteiger partial charge in [0.05, 0.1) is 6.33 Å². The number of aryl methyl sites for hydroxylation is 1. The number of hydrogen-bond donors (Lipinski definition) is 1. The summed E-state index contributed by atoms with van der Waals surface area (Å²) in [6, 6.07) is 0.768. The Morgan fingerprint density at radius 1 is 1.19 bits per heavy atom. The molecule has 2 aliphatic carbocycles. The van der Waals surface area contributed by atoms with E-state index in [0.717, 1.165) is 18.5 Å². The van der Waals surface area contributed by atoms with Gasteiger partial charge in [0.2, 0.25) is 0 Å². The van der Waals surface area contributed by atoms with Gasteiger partial charge >= 0.3 is 0 Å². The third-order valence-corrected chi connectivity index (χ3v) is 5.91. The van der Waals surface area contributed by atoms with E-state index < -0.39 is 0 Å². The number of nitrogens with zero attached hydrogens (tertiary/aromatic N) is 3. The van der Waals surface area contributed by atoms with Crippen LogP contribution in [0.25, 0.3) is 0 Å². The first-order valence-electron chi connectivity index (χ1n) is 8.80. The molecule has 2 saturated carbocycles. The second-order valence-electron chi connectivity index (χ2n) is 7.36. The predicted molar refractivity (Wildman–Crippen MR) is 84.1 cm³/mol. The summed E-state index contributed by atoms with van der Waals surface area (Å²) in [5.41, 5.74) is 0.486. The minimum Gasteiger partial charge on any atom is -0.337 e. The zero-order valence-electron chi connectivity index (χ0n) is 13.0. The zero-order chi connectivity index (χ0) is 14.1. The molecule has 0 aromatic carbocycles. The molecule has 1 spiro atoms. The van der Waals surface area contributed by atoms with Gasteiger partial charge in [-0.05, 0) is 38.0 Å². The van der Waals surface area contributed by atoms with Gasteiger partial charge in [-0.25, -0.2) is 4.98 Å². The molecule has 3 aliphatic rings. The van der Waals surface area contributed by atoms with E-state index in [9.17, 15) is 0 Å². The molecule has 1 saturated heterocycles. The third-order valence-electron chi connectivity index (χ3n) is 5.91. The molecule has 1 atom stereocenters. The Kier molecular flexibility index (Phi) is 3.76. The van der Waals surface area contributed by atoms with Crippen molar-refractivity contribution in [1.82, 2.24) is 19.8 Å². The highest BCUT2D eigenvalue weighted by molar-refractivity contribution is 5.04. The van der Waals surface area contributed by atoms with Crippen molar-refractivity contribution in [2.45, 2.75) is 63.1 Å². The molecular formula is C17H28N4. The van der Waals surface area contributed by atoms with Crippen LogP contribution in [-0.2, 0) is 6.54 Å². The molecule has 1 unspecified atom stereocenters. The lowest BCUT2D eigenvalue weighted by Crippen LogP contribution is -2.64. The molecular weight excluding hydrogens is 260 g/mol. The van der Waals surface area contributed by atoms with Crippen LogP contribution in [0.2, 0.25) is 0 Å². The fourth-order valence-electron chi connectivity index (χ4n) is 4.46. The molecule has 1 N–H and O–H groups in total. The summed E-state index contributed by atoms with van der Waals surface area (Å²) < 4.78 is 2.21. The number of imidazole rings is 1. The monoisotopic (exact) mass is 288 g/mol. The fraction of sp³-hybridized carbons (Fsp3) is 0.824. The molecule has 0 amide bonds. The number of nitrogens with one attached hydrogen (secondary N) is 1. The first-order valence-corrected chi connectivity index (χ1v) is 8.80. The van der Waals surface area contributed by atoms with E-state index in [2.05, 4.69) is 26.0 Å². The van der Waals surface area contributed by atoms with Crippen molar-refractivity contribution in [2.24, 2.45) is 5.92 Å². The first-order chi connectivity index (χ1) is 10.4. The molecule has 1 aliphatic heterocycles. The summed E-state index contributed by atoms with van der Waals surface area (Å²) >= 11 is 0. The van der Waals surface area contributed by atoms with Crippen LogP contribution in [0, 0.1) is 5.92 Å². The van der Waals surface area contributed by atoms with Crippen LogP contribution in [0.3, 0.4) is 0 Å². The normalized spacial score (nSPS) is 29.2. The van der Waals surface area contributed by atoms with Crippen LogP contribution in [0.4, 0.5) is 0 Å². The van der Waals surface area contributed by atoms with Crippen molar-refractivity contribution in [2.75, 3.05) is 19.6 Å². The molecule has 4 nitrogen and oxygen atoms in total. The van der Waals surface area contributed by atoms with Crippen molar-refractivity contribution in [3.05, 3.63) is 18.7 Å². The molecule has 4 heteroatoms. The summed E-state index contributed by atoms with van der Waals surface area (Å²) in [6.45, 7) is 4.88. The van der Waals surface area contributed by atoms with Crippen LogP contribution in [-0.4, -0.2) is 45.7 Å². The van der Waals surface area contributed by atoms with E-state index in [1.165, 1.54) is 64.6 Å². The quantitative estimate of drug-likeness (QED) is 0.902. The maximum Gasteiger partial charge on any atom is 0.0945 e. The van der Waals surface area contributed by atoms with Crippen LogP contribution in [0.15, 0.2) is 18.7 Å². The maximum atomic E-state index is 4.14. The summed E-state index contributed by atoms with van der Waals surface area (Å²) in [5.74, 6) is 0.972. The summed E-state index contributed by atoms with van der Waals surface area (Å²) in [4.78, 5) is 7.00. The molecule has 0 bridgehead atoms. The van der Waals surface area contributed by atoms with E-state index >= 15 is 0 Å². The second-order valence-corrected chi connectivity index (χ2v) is 7.36. The molecule has 3 fully saturated rings. The minimum absolute atomic E-state index is 0.486. The Labute approximate surface area is 127 Å².